The van der Waals surface area contributed by atoms with Gasteiger partial charge in [0.2, 0.25) is 0 Å². The number of fused-ring (bicyclic) bond motifs is 2. The summed E-state index contributed by atoms with van der Waals surface area (Å²) in [5.74, 6) is 0. The second-order valence-corrected chi connectivity index (χ2v) is 7.85. The highest BCUT2D eigenvalue weighted by Crippen LogP contribution is 2.33. The maximum Gasteiger partial charge on any atom is 0.135 e. The van der Waals surface area contributed by atoms with Crippen molar-refractivity contribution in [2.75, 3.05) is 38.1 Å². The second kappa shape index (κ2) is 7.13. The van der Waals surface area contributed by atoms with Gasteiger partial charge in [0.05, 0.1) is 46.7 Å². The molecule has 1 aliphatic heterocycles. The Hall–Kier alpha value is -3.85. The molecule has 0 amide bonds. The molecular formula is C22H21N9. The minimum absolute atomic E-state index is 0.731. The Morgan fingerprint density at radius 2 is 1.81 bits per heavy atom. The molecule has 0 spiro atoms. The number of aromatic nitrogens is 7. The summed E-state index contributed by atoms with van der Waals surface area (Å²) in [6, 6.07) is 6.05. The first kappa shape index (κ1) is 18.0. The third-order valence-corrected chi connectivity index (χ3v) is 5.86. The SMILES string of the molecule is CN1CCN(c2cncc3[nH]c(-c4n[nH]c5ccc(-c6cnccn6)nc45)cc23)CC1. The van der Waals surface area contributed by atoms with Crippen LogP contribution in [0, 0.1) is 0 Å². The molecule has 0 aromatic carbocycles. The summed E-state index contributed by atoms with van der Waals surface area (Å²) >= 11 is 0. The molecule has 9 nitrogen and oxygen atoms in total. The van der Waals surface area contributed by atoms with Gasteiger partial charge in [-0.3, -0.25) is 20.1 Å². The second-order valence-electron chi connectivity index (χ2n) is 7.85. The molecule has 1 aliphatic rings. The molecule has 0 bridgehead atoms. The van der Waals surface area contributed by atoms with E-state index in [-0.39, 0.29) is 0 Å². The Balaban J connectivity index is 1.44. The summed E-state index contributed by atoms with van der Waals surface area (Å²) in [4.78, 5) is 26.1. The van der Waals surface area contributed by atoms with Crippen molar-refractivity contribution in [3.63, 3.8) is 0 Å². The van der Waals surface area contributed by atoms with Crippen molar-refractivity contribution < 1.29 is 0 Å². The number of nitrogens with zero attached hydrogens (tertiary/aromatic N) is 7. The number of aromatic amines is 2. The Kier molecular flexibility index (Phi) is 4.13. The van der Waals surface area contributed by atoms with Crippen molar-refractivity contribution in [3.05, 3.63) is 49.2 Å². The minimum atomic E-state index is 0.731. The molecule has 0 radical (unpaired) electrons. The predicted molar refractivity (Wildman–Crippen MR) is 120 cm³/mol. The maximum atomic E-state index is 4.82. The summed E-state index contributed by atoms with van der Waals surface area (Å²) in [5, 5.41) is 8.79. The molecule has 5 aromatic rings. The average Bonchev–Trinajstić information content (AvgIpc) is 3.43. The van der Waals surface area contributed by atoms with E-state index < -0.39 is 0 Å². The number of piperazine rings is 1. The zero-order chi connectivity index (χ0) is 20.8. The number of hydrogen-bond acceptors (Lipinski definition) is 7. The number of rotatable bonds is 3. The number of nitrogens with one attached hydrogen (secondary N) is 2. The van der Waals surface area contributed by atoms with Crippen LogP contribution in [-0.4, -0.2) is 73.2 Å². The fourth-order valence-corrected chi connectivity index (χ4v) is 4.12. The van der Waals surface area contributed by atoms with E-state index in [4.69, 9.17) is 4.98 Å². The molecule has 0 atom stereocenters. The van der Waals surface area contributed by atoms with Gasteiger partial charge >= 0.3 is 0 Å². The van der Waals surface area contributed by atoms with Crippen LogP contribution >= 0.6 is 0 Å². The molecule has 5 aromatic heterocycles. The molecule has 1 fully saturated rings. The lowest BCUT2D eigenvalue weighted by Crippen LogP contribution is -2.44. The van der Waals surface area contributed by atoms with Crippen LogP contribution in [0.1, 0.15) is 0 Å². The van der Waals surface area contributed by atoms with Gasteiger partial charge < -0.3 is 14.8 Å². The van der Waals surface area contributed by atoms with Crippen molar-refractivity contribution in [2.24, 2.45) is 0 Å². The molecule has 1 saturated heterocycles. The number of H-pyrrole nitrogens is 2. The van der Waals surface area contributed by atoms with Gasteiger partial charge in [-0.05, 0) is 25.2 Å². The summed E-state index contributed by atoms with van der Waals surface area (Å²) in [7, 11) is 2.16. The van der Waals surface area contributed by atoms with Crippen LogP contribution < -0.4 is 4.90 Å². The highest BCUT2D eigenvalue weighted by Gasteiger charge is 2.19. The third kappa shape index (κ3) is 3.10. The lowest BCUT2D eigenvalue weighted by atomic mass is 10.2. The number of pyridine rings is 2. The number of anilines is 1. The molecule has 6 rings (SSSR count). The van der Waals surface area contributed by atoms with Gasteiger partial charge in [-0.1, -0.05) is 0 Å². The summed E-state index contributed by atoms with van der Waals surface area (Å²) < 4.78 is 0. The average molecular weight is 411 g/mol. The summed E-state index contributed by atoms with van der Waals surface area (Å²) in [5.41, 5.74) is 7.00. The highest BCUT2D eigenvalue weighted by atomic mass is 15.3. The smallest absolute Gasteiger partial charge is 0.135 e. The van der Waals surface area contributed by atoms with Gasteiger partial charge in [0, 0.05) is 44.0 Å². The van der Waals surface area contributed by atoms with E-state index in [2.05, 4.69) is 53.0 Å². The van der Waals surface area contributed by atoms with Crippen molar-refractivity contribution in [2.45, 2.75) is 0 Å². The van der Waals surface area contributed by atoms with Crippen molar-refractivity contribution in [3.8, 4) is 22.8 Å². The van der Waals surface area contributed by atoms with Gasteiger partial charge in [0.25, 0.3) is 0 Å². The van der Waals surface area contributed by atoms with E-state index in [0.717, 1.165) is 76.6 Å². The van der Waals surface area contributed by atoms with Crippen LogP contribution in [0.3, 0.4) is 0 Å². The zero-order valence-corrected chi connectivity index (χ0v) is 17.1. The van der Waals surface area contributed by atoms with Crippen LogP contribution in [0.4, 0.5) is 5.69 Å². The largest absolute Gasteiger partial charge is 0.367 e. The van der Waals surface area contributed by atoms with Crippen LogP contribution in [0.25, 0.3) is 44.7 Å². The van der Waals surface area contributed by atoms with E-state index in [1.54, 1.807) is 18.6 Å². The molecule has 9 heteroatoms. The Bertz CT molecular complexity index is 1360. The van der Waals surface area contributed by atoms with E-state index in [9.17, 15) is 0 Å². The zero-order valence-electron chi connectivity index (χ0n) is 17.1. The lowest BCUT2D eigenvalue weighted by Gasteiger charge is -2.34. The van der Waals surface area contributed by atoms with Crippen LogP contribution in [0.2, 0.25) is 0 Å². The maximum absolute atomic E-state index is 4.82. The monoisotopic (exact) mass is 411 g/mol. The summed E-state index contributed by atoms with van der Waals surface area (Å²) in [6.07, 6.45) is 8.86. The predicted octanol–water partition coefficient (Wildman–Crippen LogP) is 2.71. The van der Waals surface area contributed by atoms with Crippen molar-refractivity contribution >= 4 is 27.6 Å². The van der Waals surface area contributed by atoms with Gasteiger partial charge in [-0.2, -0.15) is 5.10 Å². The van der Waals surface area contributed by atoms with Gasteiger partial charge in [-0.15, -0.1) is 0 Å². The van der Waals surface area contributed by atoms with E-state index in [0.29, 0.717) is 0 Å². The first-order chi connectivity index (χ1) is 15.3. The van der Waals surface area contributed by atoms with Crippen LogP contribution in [0.15, 0.2) is 49.2 Å². The molecule has 154 valence electrons. The number of likely N-dealkylation sites (N-methyl/N-ethyl adjacent to an activating group) is 1. The Morgan fingerprint density at radius 1 is 0.903 bits per heavy atom. The fourth-order valence-electron chi connectivity index (χ4n) is 4.12. The topological polar surface area (TPSA) is 103 Å². The minimum Gasteiger partial charge on any atom is -0.367 e. The third-order valence-electron chi connectivity index (χ3n) is 5.86. The summed E-state index contributed by atoms with van der Waals surface area (Å²) in [6.45, 7) is 4.08. The van der Waals surface area contributed by atoms with Crippen LogP contribution in [-0.2, 0) is 0 Å². The Labute approximate surface area is 178 Å². The Morgan fingerprint density at radius 3 is 2.65 bits per heavy atom. The van der Waals surface area contributed by atoms with E-state index in [1.165, 1.54) is 0 Å². The van der Waals surface area contributed by atoms with Gasteiger partial charge in [-0.25, -0.2) is 4.98 Å². The van der Waals surface area contributed by atoms with E-state index in [1.807, 2.05) is 24.5 Å². The van der Waals surface area contributed by atoms with E-state index >= 15 is 0 Å². The molecule has 0 aliphatic carbocycles. The highest BCUT2D eigenvalue weighted by molar-refractivity contribution is 5.98. The first-order valence-corrected chi connectivity index (χ1v) is 10.3. The standard InChI is InChI=1S/C22H21N9/c1-30-6-8-31(9-7-30)20-13-24-11-18-14(20)10-17(26-18)22-21-16(28-29-22)3-2-15(27-21)19-12-23-4-5-25-19/h2-5,10-13,26H,6-9H2,1H3,(H,28,29). The van der Waals surface area contributed by atoms with Gasteiger partial charge in [0.1, 0.15) is 16.9 Å². The van der Waals surface area contributed by atoms with Crippen molar-refractivity contribution in [1.29, 1.82) is 0 Å². The quantitative estimate of drug-likeness (QED) is 0.471. The lowest BCUT2D eigenvalue weighted by molar-refractivity contribution is 0.313. The number of hydrogen-bond donors (Lipinski definition) is 2. The molecule has 2 N–H and O–H groups in total. The fraction of sp³-hybridized carbons (Fsp3) is 0.227. The molecule has 6 heterocycles. The van der Waals surface area contributed by atoms with Crippen LogP contribution in [0.5, 0.6) is 0 Å². The molecular weight excluding hydrogens is 390 g/mol. The normalized spacial score (nSPS) is 15.2. The van der Waals surface area contributed by atoms with Gasteiger partial charge in [0.15, 0.2) is 0 Å². The first-order valence-electron chi connectivity index (χ1n) is 10.3. The molecule has 31 heavy (non-hydrogen) atoms. The molecule has 0 saturated carbocycles. The molecule has 0 unspecified atom stereocenters. The van der Waals surface area contributed by atoms with Crippen molar-refractivity contribution in [1.82, 2.24) is 40.0 Å².